The Labute approximate surface area is 277 Å². The number of ketones is 1. The van der Waals surface area contributed by atoms with E-state index in [1.165, 1.54) is 12.3 Å². The summed E-state index contributed by atoms with van der Waals surface area (Å²) in [4.78, 5) is 48.4. The van der Waals surface area contributed by atoms with Crippen molar-refractivity contribution in [2.24, 2.45) is 5.92 Å². The minimum absolute atomic E-state index is 0.00926. The Hall–Kier alpha value is -5.10. The Kier molecular flexibility index (Phi) is 6.69. The van der Waals surface area contributed by atoms with Crippen molar-refractivity contribution in [2.45, 2.75) is 44.4 Å². The molecule has 12 heteroatoms. The van der Waals surface area contributed by atoms with Crippen molar-refractivity contribution in [3.63, 3.8) is 0 Å². The highest BCUT2D eigenvalue weighted by Gasteiger charge is 2.61. The summed E-state index contributed by atoms with van der Waals surface area (Å²) in [5.74, 6) is -0.161. The number of ether oxygens (including phenoxy) is 1. The van der Waals surface area contributed by atoms with E-state index in [1.54, 1.807) is 12.1 Å². The molecule has 47 heavy (non-hydrogen) atoms. The van der Waals surface area contributed by atoms with Crippen molar-refractivity contribution >= 4 is 50.1 Å². The van der Waals surface area contributed by atoms with Gasteiger partial charge in [0.2, 0.25) is 11.8 Å². The lowest BCUT2D eigenvalue weighted by Gasteiger charge is -2.28. The number of nitrogens with one attached hydrogen (secondary N) is 4. The zero-order valence-electron chi connectivity index (χ0n) is 25.4. The number of para-hydroxylation sites is 2. The molecule has 8 rings (SSSR count). The van der Waals surface area contributed by atoms with Gasteiger partial charge in [0, 0.05) is 39.2 Å². The van der Waals surface area contributed by atoms with Gasteiger partial charge in [0.1, 0.15) is 23.0 Å². The van der Waals surface area contributed by atoms with Crippen molar-refractivity contribution in [3.8, 4) is 11.5 Å². The molecule has 1 spiro atoms. The van der Waals surface area contributed by atoms with E-state index < -0.39 is 23.6 Å². The van der Waals surface area contributed by atoms with Crippen LogP contribution in [0.4, 0.5) is 5.69 Å². The van der Waals surface area contributed by atoms with Crippen LogP contribution in [0.25, 0.3) is 10.9 Å². The first kappa shape index (κ1) is 29.3. The summed E-state index contributed by atoms with van der Waals surface area (Å²) in [7, 11) is 0. The van der Waals surface area contributed by atoms with Crippen LogP contribution in [0.3, 0.4) is 0 Å². The van der Waals surface area contributed by atoms with Gasteiger partial charge in [0.15, 0.2) is 23.5 Å². The van der Waals surface area contributed by atoms with E-state index in [1.807, 2.05) is 50.2 Å². The Morgan fingerprint density at radius 3 is 2.77 bits per heavy atom. The van der Waals surface area contributed by atoms with Gasteiger partial charge < -0.3 is 35.2 Å². The second-order valence-electron chi connectivity index (χ2n) is 12.5. The molecule has 0 saturated heterocycles. The number of Topliss-reactive ketones (excluding diaryl/α,β-unsaturated/α-hetero) is 1. The van der Waals surface area contributed by atoms with E-state index in [4.69, 9.17) is 14.1 Å². The highest BCUT2D eigenvalue weighted by molar-refractivity contribution is 9.10. The molecule has 3 atom stereocenters. The van der Waals surface area contributed by atoms with Crippen molar-refractivity contribution in [1.29, 1.82) is 0 Å². The van der Waals surface area contributed by atoms with E-state index >= 15 is 0 Å². The monoisotopic (exact) mass is 695 g/mol. The van der Waals surface area contributed by atoms with Crippen molar-refractivity contribution in [3.05, 3.63) is 105 Å². The number of amides is 2. The molecule has 5 aromatic rings. The van der Waals surface area contributed by atoms with Gasteiger partial charge >= 0.3 is 0 Å². The summed E-state index contributed by atoms with van der Waals surface area (Å²) < 4.78 is 14.0. The Balaban J connectivity index is 1.28. The number of halogens is 1. The van der Waals surface area contributed by atoms with Crippen LogP contribution in [0.1, 0.15) is 75.5 Å². The number of phenols is 1. The lowest BCUT2D eigenvalue weighted by molar-refractivity contribution is -0.122. The zero-order chi connectivity index (χ0) is 32.6. The van der Waals surface area contributed by atoms with Gasteiger partial charge in [-0.2, -0.15) is 0 Å². The minimum atomic E-state index is -1.12. The average molecular weight is 697 g/mol. The van der Waals surface area contributed by atoms with Gasteiger partial charge in [-0.3, -0.25) is 14.4 Å². The number of carbonyl (C=O) groups excluding carboxylic acids is 3. The molecule has 0 aliphatic carbocycles. The third-order valence-electron chi connectivity index (χ3n) is 9.33. The van der Waals surface area contributed by atoms with E-state index in [0.29, 0.717) is 28.6 Å². The predicted molar refractivity (Wildman–Crippen MR) is 176 cm³/mol. The number of anilines is 1. The molecule has 2 aromatic heterocycles. The fourth-order valence-corrected chi connectivity index (χ4v) is 7.52. The number of fused-ring (bicyclic) bond motifs is 5. The topological polar surface area (TPSA) is 159 Å². The van der Waals surface area contributed by atoms with E-state index in [2.05, 4.69) is 36.9 Å². The van der Waals surface area contributed by atoms with Crippen LogP contribution in [0, 0.1) is 5.92 Å². The molecule has 3 aromatic carbocycles. The highest BCUT2D eigenvalue weighted by Crippen LogP contribution is 2.59. The summed E-state index contributed by atoms with van der Waals surface area (Å²) >= 11 is 3.68. The molecule has 5 heterocycles. The first-order chi connectivity index (χ1) is 22.7. The maximum absolute atomic E-state index is 14.2. The number of benzene rings is 3. The molecule has 3 unspecified atom stereocenters. The predicted octanol–water partition coefficient (Wildman–Crippen LogP) is 5.47. The van der Waals surface area contributed by atoms with Gasteiger partial charge in [-0.15, -0.1) is 0 Å². The molecule has 4 bridgehead atoms. The van der Waals surface area contributed by atoms with Crippen LogP contribution in [-0.4, -0.2) is 45.4 Å². The standard InChI is InChI=1S/C35H30BrN5O6/c1-16(2)27-33-40-30(32(45)38-15-24(43)19-14-37-28-18(19)5-3-8-23(28)42)31(47-33)35-20-6-4-7-22(36)29(20)41-34(35)46-25-11-9-17(13-21(25)35)10-12-26(44)39-27/h3-9,11,13-14,16,27,34,37,41-42H,10,12,15H2,1-2H3,(H,38,45)(H,39,44). The summed E-state index contributed by atoms with van der Waals surface area (Å²) in [6.45, 7) is 3.56. The van der Waals surface area contributed by atoms with Gasteiger partial charge in [0.25, 0.3) is 5.91 Å². The van der Waals surface area contributed by atoms with Crippen molar-refractivity contribution in [2.75, 3.05) is 11.9 Å². The lowest BCUT2D eigenvalue weighted by atomic mass is 9.72. The van der Waals surface area contributed by atoms with E-state index in [-0.39, 0.29) is 53.7 Å². The minimum Gasteiger partial charge on any atom is -0.506 e. The normalized spacial score (nSPS) is 20.8. The molecule has 5 N–H and O–H groups in total. The number of carbonyl (C=O) groups is 3. The third-order valence-corrected chi connectivity index (χ3v) is 9.99. The van der Waals surface area contributed by atoms with Crippen LogP contribution < -0.4 is 20.7 Å². The molecule has 238 valence electrons. The number of aromatic nitrogens is 2. The number of phenolic OH excluding ortho intramolecular Hbond substituents is 1. The van der Waals surface area contributed by atoms with E-state index in [9.17, 15) is 19.5 Å². The Morgan fingerprint density at radius 1 is 1.11 bits per heavy atom. The smallest absolute Gasteiger partial charge is 0.273 e. The Bertz CT molecular complexity index is 2140. The van der Waals surface area contributed by atoms with E-state index in [0.717, 1.165) is 26.9 Å². The molecular weight excluding hydrogens is 666 g/mol. The first-order valence-corrected chi connectivity index (χ1v) is 16.2. The maximum atomic E-state index is 14.2. The van der Waals surface area contributed by atoms with Crippen LogP contribution in [-0.2, 0) is 16.6 Å². The van der Waals surface area contributed by atoms with Crippen LogP contribution in [0.2, 0.25) is 0 Å². The highest BCUT2D eigenvalue weighted by atomic mass is 79.9. The van der Waals surface area contributed by atoms with Gasteiger partial charge in [-0.25, -0.2) is 4.98 Å². The molecule has 11 nitrogen and oxygen atoms in total. The number of hydrogen-bond acceptors (Lipinski definition) is 8. The second-order valence-corrected chi connectivity index (χ2v) is 13.3. The summed E-state index contributed by atoms with van der Waals surface area (Å²) in [5, 5.41) is 20.1. The van der Waals surface area contributed by atoms with Crippen molar-refractivity contribution in [1.82, 2.24) is 20.6 Å². The van der Waals surface area contributed by atoms with Crippen LogP contribution >= 0.6 is 15.9 Å². The van der Waals surface area contributed by atoms with Crippen LogP contribution in [0.15, 0.2) is 69.7 Å². The van der Waals surface area contributed by atoms with Gasteiger partial charge in [-0.1, -0.05) is 50.2 Å². The first-order valence-electron chi connectivity index (χ1n) is 15.4. The molecular formula is C35H30BrN5O6. The zero-order valence-corrected chi connectivity index (χ0v) is 27.0. The summed E-state index contributed by atoms with van der Waals surface area (Å²) in [5.41, 5.74) is 3.01. The fourth-order valence-electron chi connectivity index (χ4n) is 7.03. The Morgan fingerprint density at radius 2 is 1.94 bits per heavy atom. The number of aryl methyl sites for hydroxylation is 1. The quantitative estimate of drug-likeness (QED) is 0.151. The van der Waals surface area contributed by atoms with Crippen LogP contribution in [0.5, 0.6) is 11.5 Å². The van der Waals surface area contributed by atoms with Gasteiger partial charge in [0.05, 0.1) is 17.7 Å². The molecule has 0 saturated carbocycles. The average Bonchev–Trinajstić information content (AvgIpc) is 3.82. The van der Waals surface area contributed by atoms with Gasteiger partial charge in [-0.05, 0) is 52.0 Å². The lowest BCUT2D eigenvalue weighted by Crippen LogP contribution is -2.41. The SMILES string of the molecule is CC(C)C1NC(=O)CCc2ccc3c(c2)C2(c4cccc(Br)c4NC2O3)c2oc1nc2C(=O)NCC(=O)c1c[nH]c2c(O)cccc12. The maximum Gasteiger partial charge on any atom is 0.273 e. The number of H-pyrrole nitrogens is 1. The largest absolute Gasteiger partial charge is 0.506 e. The third kappa shape index (κ3) is 4.38. The second kappa shape index (κ2) is 10.7. The number of oxazole rings is 1. The number of aromatic amines is 1. The molecule has 3 aliphatic rings. The summed E-state index contributed by atoms with van der Waals surface area (Å²) in [6, 6.07) is 16.0. The molecule has 0 fully saturated rings. The molecule has 3 aliphatic heterocycles. The fraction of sp³-hybridized carbons (Fsp3) is 0.257. The number of rotatable bonds is 5. The number of hydrogen-bond donors (Lipinski definition) is 5. The van der Waals surface area contributed by atoms with Crippen molar-refractivity contribution < 1.29 is 28.6 Å². The molecule has 0 radical (unpaired) electrons. The summed E-state index contributed by atoms with van der Waals surface area (Å²) in [6.07, 6.45) is 1.61. The number of aromatic hydroxyl groups is 1. The molecule has 2 amide bonds. The number of nitrogens with zero attached hydrogens (tertiary/aromatic N) is 1.